The minimum absolute atomic E-state index is 0.245. The summed E-state index contributed by atoms with van der Waals surface area (Å²) >= 11 is 0. The molecule has 1 aliphatic rings. The van der Waals surface area contributed by atoms with Gasteiger partial charge in [-0.15, -0.1) is 0 Å². The number of nitrogens with two attached hydrogens (primary N) is 1. The maximum absolute atomic E-state index is 10.1. The lowest BCUT2D eigenvalue weighted by Gasteiger charge is -2.30. The number of aliphatic hydroxyl groups is 1. The van der Waals surface area contributed by atoms with Crippen molar-refractivity contribution in [3.05, 3.63) is 0 Å². The summed E-state index contributed by atoms with van der Waals surface area (Å²) in [4.78, 5) is 2.25. The molecule has 1 fully saturated rings. The molecule has 0 bridgehead atoms. The van der Waals surface area contributed by atoms with Crippen molar-refractivity contribution in [2.75, 3.05) is 46.1 Å². The van der Waals surface area contributed by atoms with Crippen molar-refractivity contribution in [3.63, 3.8) is 0 Å². The van der Waals surface area contributed by atoms with Crippen molar-refractivity contribution in [3.8, 4) is 0 Å². The Kier molecular flexibility index (Phi) is 15.5. The van der Waals surface area contributed by atoms with Crippen molar-refractivity contribution in [1.82, 2.24) is 4.90 Å². The van der Waals surface area contributed by atoms with Gasteiger partial charge >= 0.3 is 0 Å². The summed E-state index contributed by atoms with van der Waals surface area (Å²) in [5, 5.41) is 10.1. The van der Waals surface area contributed by atoms with Gasteiger partial charge in [0.25, 0.3) is 0 Å². The van der Waals surface area contributed by atoms with Crippen LogP contribution in [-0.2, 0) is 9.47 Å². The average Bonchev–Trinajstić information content (AvgIpc) is 2.66. The van der Waals surface area contributed by atoms with Crippen LogP contribution < -0.4 is 5.73 Å². The predicted molar refractivity (Wildman–Crippen MR) is 109 cm³/mol. The predicted octanol–water partition coefficient (Wildman–Crippen LogP) is 3.33. The van der Waals surface area contributed by atoms with Gasteiger partial charge in [0.05, 0.1) is 25.9 Å². The van der Waals surface area contributed by atoms with Crippen LogP contribution in [0.3, 0.4) is 0 Å². The molecule has 5 nitrogen and oxygen atoms in total. The van der Waals surface area contributed by atoms with E-state index in [1.54, 1.807) is 0 Å². The molecule has 0 unspecified atom stereocenters. The van der Waals surface area contributed by atoms with Crippen LogP contribution in [0.1, 0.15) is 77.6 Å². The summed E-state index contributed by atoms with van der Waals surface area (Å²) < 4.78 is 10.9. The minimum Gasteiger partial charge on any atom is -0.389 e. The molecule has 1 saturated heterocycles. The first-order valence-electron chi connectivity index (χ1n) is 11.1. The highest BCUT2D eigenvalue weighted by molar-refractivity contribution is 4.77. The lowest BCUT2D eigenvalue weighted by Crippen LogP contribution is -2.49. The number of unbranched alkanes of at least 4 members (excludes halogenated alkanes) is 10. The smallest absolute Gasteiger partial charge is 0.0936 e. The van der Waals surface area contributed by atoms with E-state index in [1.165, 1.54) is 64.2 Å². The van der Waals surface area contributed by atoms with Crippen LogP contribution in [0.5, 0.6) is 0 Å². The molecule has 3 N–H and O–H groups in total. The second kappa shape index (κ2) is 16.9. The molecule has 1 rings (SSSR count). The van der Waals surface area contributed by atoms with Crippen LogP contribution in [0.2, 0.25) is 0 Å². The molecular formula is C21H44N2O3. The van der Waals surface area contributed by atoms with E-state index in [-0.39, 0.29) is 6.04 Å². The van der Waals surface area contributed by atoms with Crippen LogP contribution in [0.25, 0.3) is 0 Å². The average molecular weight is 373 g/mol. The minimum atomic E-state index is -0.578. The van der Waals surface area contributed by atoms with E-state index >= 15 is 0 Å². The quantitative estimate of drug-likeness (QED) is 0.383. The van der Waals surface area contributed by atoms with E-state index in [0.717, 1.165) is 39.3 Å². The first kappa shape index (κ1) is 23.8. The van der Waals surface area contributed by atoms with Crippen molar-refractivity contribution in [2.45, 2.75) is 89.7 Å². The van der Waals surface area contributed by atoms with Crippen LogP contribution in [0.4, 0.5) is 0 Å². The Labute approximate surface area is 161 Å². The number of ether oxygens (including phenoxy) is 2. The van der Waals surface area contributed by atoms with E-state index < -0.39 is 6.10 Å². The second-order valence-corrected chi connectivity index (χ2v) is 7.75. The lowest BCUT2D eigenvalue weighted by molar-refractivity contribution is -0.00115. The standard InChI is InChI=1S/C21H44N2O3/c1-2-3-4-5-6-7-8-9-10-11-12-15-26-19-21(24)20(22)18-23-13-16-25-17-14-23/h20-21,24H,2-19,22H2,1H3/t20-,21-/m1/s1. The Balaban J connectivity index is 1.83. The highest BCUT2D eigenvalue weighted by Gasteiger charge is 2.19. The van der Waals surface area contributed by atoms with E-state index in [1.807, 2.05) is 0 Å². The summed E-state index contributed by atoms with van der Waals surface area (Å²) in [5.41, 5.74) is 6.08. The van der Waals surface area contributed by atoms with Gasteiger partial charge in [-0.25, -0.2) is 0 Å². The Bertz CT molecular complexity index is 299. The summed E-state index contributed by atoms with van der Waals surface area (Å²) in [5.74, 6) is 0. The molecule has 0 aliphatic carbocycles. The van der Waals surface area contributed by atoms with Crippen LogP contribution >= 0.6 is 0 Å². The number of aliphatic hydroxyl groups excluding tert-OH is 1. The Morgan fingerprint density at radius 2 is 1.46 bits per heavy atom. The molecule has 1 aliphatic heterocycles. The molecule has 0 spiro atoms. The molecule has 26 heavy (non-hydrogen) atoms. The number of hydrogen-bond acceptors (Lipinski definition) is 5. The Hall–Kier alpha value is -0.200. The maximum atomic E-state index is 10.1. The molecule has 5 heteroatoms. The zero-order valence-corrected chi connectivity index (χ0v) is 17.2. The first-order chi connectivity index (χ1) is 12.7. The van der Waals surface area contributed by atoms with Gasteiger partial charge in [-0.1, -0.05) is 71.1 Å². The maximum Gasteiger partial charge on any atom is 0.0936 e. The van der Waals surface area contributed by atoms with E-state index in [9.17, 15) is 5.11 Å². The molecule has 1 heterocycles. The van der Waals surface area contributed by atoms with Gasteiger partial charge in [-0.3, -0.25) is 4.90 Å². The van der Waals surface area contributed by atoms with Crippen LogP contribution in [-0.4, -0.2) is 68.2 Å². The third-order valence-electron chi connectivity index (χ3n) is 5.25. The molecule has 0 radical (unpaired) electrons. The normalized spacial score (nSPS) is 18.1. The summed E-state index contributed by atoms with van der Waals surface area (Å²) in [6.07, 6.45) is 14.1. The molecule has 0 amide bonds. The fraction of sp³-hybridized carbons (Fsp3) is 1.00. The SMILES string of the molecule is CCCCCCCCCCCCCOC[C@@H](O)[C@H](N)CN1CCOCC1. The van der Waals surface area contributed by atoms with Gasteiger partial charge in [0.2, 0.25) is 0 Å². The monoisotopic (exact) mass is 372 g/mol. The van der Waals surface area contributed by atoms with Gasteiger partial charge in [-0.05, 0) is 6.42 Å². The van der Waals surface area contributed by atoms with Gasteiger partial charge in [-0.2, -0.15) is 0 Å². The first-order valence-corrected chi connectivity index (χ1v) is 11.1. The fourth-order valence-corrected chi connectivity index (χ4v) is 3.40. The summed E-state index contributed by atoms with van der Waals surface area (Å²) in [6, 6.07) is -0.245. The van der Waals surface area contributed by atoms with Crippen molar-refractivity contribution in [1.29, 1.82) is 0 Å². The molecule has 0 aromatic carbocycles. The summed E-state index contributed by atoms with van der Waals surface area (Å²) in [7, 11) is 0. The lowest BCUT2D eigenvalue weighted by atomic mass is 10.1. The van der Waals surface area contributed by atoms with Gasteiger partial charge < -0.3 is 20.3 Å². The molecule has 2 atom stereocenters. The Morgan fingerprint density at radius 3 is 2.04 bits per heavy atom. The van der Waals surface area contributed by atoms with E-state index in [0.29, 0.717) is 13.2 Å². The van der Waals surface area contributed by atoms with Crippen LogP contribution in [0, 0.1) is 0 Å². The van der Waals surface area contributed by atoms with Crippen molar-refractivity contribution in [2.24, 2.45) is 5.73 Å². The third-order valence-corrected chi connectivity index (χ3v) is 5.25. The highest BCUT2D eigenvalue weighted by atomic mass is 16.5. The number of nitrogens with zero attached hydrogens (tertiary/aromatic N) is 1. The highest BCUT2D eigenvalue weighted by Crippen LogP contribution is 2.11. The fourth-order valence-electron chi connectivity index (χ4n) is 3.40. The molecule has 0 saturated carbocycles. The number of hydrogen-bond donors (Lipinski definition) is 2. The molecule has 0 aromatic heterocycles. The van der Waals surface area contributed by atoms with Crippen molar-refractivity contribution >= 4 is 0 Å². The topological polar surface area (TPSA) is 68.0 Å². The number of morpholine rings is 1. The van der Waals surface area contributed by atoms with Gasteiger partial charge in [0.1, 0.15) is 0 Å². The molecule has 0 aromatic rings. The van der Waals surface area contributed by atoms with Crippen LogP contribution in [0.15, 0.2) is 0 Å². The van der Waals surface area contributed by atoms with E-state index in [2.05, 4.69) is 11.8 Å². The molecular weight excluding hydrogens is 328 g/mol. The third kappa shape index (κ3) is 13.0. The largest absolute Gasteiger partial charge is 0.389 e. The summed E-state index contributed by atoms with van der Waals surface area (Å²) in [6.45, 7) is 7.40. The zero-order valence-electron chi connectivity index (χ0n) is 17.2. The van der Waals surface area contributed by atoms with Crippen molar-refractivity contribution < 1.29 is 14.6 Å². The van der Waals surface area contributed by atoms with E-state index in [4.69, 9.17) is 15.2 Å². The van der Waals surface area contributed by atoms with Gasteiger partial charge in [0.15, 0.2) is 0 Å². The van der Waals surface area contributed by atoms with Gasteiger partial charge in [0, 0.05) is 32.3 Å². The number of rotatable bonds is 17. The second-order valence-electron chi connectivity index (χ2n) is 7.75. The Morgan fingerprint density at radius 1 is 0.923 bits per heavy atom. The zero-order chi connectivity index (χ0) is 18.9. The molecule has 156 valence electrons.